The Kier molecular flexibility index (Phi) is 8.63. The van der Waals surface area contributed by atoms with Crippen molar-refractivity contribution >= 4 is 46.0 Å². The van der Waals surface area contributed by atoms with Crippen LogP contribution in [0.25, 0.3) is 21.3 Å². The summed E-state index contributed by atoms with van der Waals surface area (Å²) in [6, 6.07) is 7.44. The lowest BCUT2D eigenvalue weighted by atomic mass is 9.96. The van der Waals surface area contributed by atoms with Crippen LogP contribution in [0.15, 0.2) is 35.4 Å². The molecule has 0 saturated carbocycles. The average Bonchev–Trinajstić information content (AvgIpc) is 3.29. The van der Waals surface area contributed by atoms with Gasteiger partial charge in [0, 0.05) is 65.8 Å². The number of halogens is 5. The van der Waals surface area contributed by atoms with Gasteiger partial charge in [0.05, 0.1) is 17.1 Å². The van der Waals surface area contributed by atoms with Gasteiger partial charge in [0.1, 0.15) is 11.4 Å². The second-order valence-electron chi connectivity index (χ2n) is 11.7. The van der Waals surface area contributed by atoms with Gasteiger partial charge >= 0.3 is 12.3 Å². The van der Waals surface area contributed by atoms with Gasteiger partial charge in [-0.25, -0.2) is 9.78 Å². The predicted molar refractivity (Wildman–Crippen MR) is 159 cm³/mol. The van der Waals surface area contributed by atoms with E-state index >= 15 is 0 Å². The first kappa shape index (κ1) is 31.1. The number of aromatic amines is 1. The zero-order valence-electron chi connectivity index (χ0n) is 23.8. The number of piperazine rings is 1. The van der Waals surface area contributed by atoms with E-state index < -0.39 is 34.6 Å². The van der Waals surface area contributed by atoms with Crippen LogP contribution in [0.3, 0.4) is 0 Å². The second kappa shape index (κ2) is 12.0. The van der Waals surface area contributed by atoms with Gasteiger partial charge in [-0.05, 0) is 68.6 Å². The van der Waals surface area contributed by atoms with Crippen molar-refractivity contribution in [1.29, 1.82) is 0 Å². The number of benzene rings is 1. The number of nitrogens with zero attached hydrogens (tertiary/aromatic N) is 7. The summed E-state index contributed by atoms with van der Waals surface area (Å²) >= 11 is 12.1. The van der Waals surface area contributed by atoms with E-state index in [-0.39, 0.29) is 38.0 Å². The summed E-state index contributed by atoms with van der Waals surface area (Å²) in [6.07, 6.45) is -4.57. The van der Waals surface area contributed by atoms with E-state index in [0.29, 0.717) is 24.5 Å². The number of nitrogens with one attached hydrogen (secondary N) is 1. The molecule has 2 aliphatic rings. The number of carbonyl (C=O) groups excluding carboxylic acids is 1. The normalized spacial score (nSPS) is 19.7. The number of rotatable bonds is 5. The summed E-state index contributed by atoms with van der Waals surface area (Å²) in [5, 5.41) is 4.99. The van der Waals surface area contributed by atoms with Gasteiger partial charge in [-0.1, -0.05) is 28.3 Å². The molecule has 1 N–H and O–H groups in total. The van der Waals surface area contributed by atoms with E-state index in [4.69, 9.17) is 33.5 Å². The number of amides is 1. The van der Waals surface area contributed by atoms with Crippen LogP contribution in [0, 0.1) is 0 Å². The van der Waals surface area contributed by atoms with Crippen molar-refractivity contribution in [3.05, 3.63) is 67.8 Å². The summed E-state index contributed by atoms with van der Waals surface area (Å²) in [5.74, 6) is 0.107. The van der Waals surface area contributed by atoms with E-state index in [0.717, 1.165) is 22.2 Å². The molecule has 1 amide bonds. The molecule has 5 rings (SSSR count). The maximum atomic E-state index is 13.7. The van der Waals surface area contributed by atoms with Gasteiger partial charge in [-0.3, -0.25) is 4.90 Å². The monoisotopic (exact) mass is 638 g/mol. The number of hydrogen-bond donors (Lipinski definition) is 1. The quantitative estimate of drug-likeness (QED) is 0.180. The molecule has 0 spiro atoms. The number of ether oxygens (including phenoxy) is 1. The molecule has 10 nitrogen and oxygen atoms in total. The van der Waals surface area contributed by atoms with E-state index in [9.17, 15) is 18.0 Å². The molecule has 230 valence electrons. The first-order valence-corrected chi connectivity index (χ1v) is 14.5. The summed E-state index contributed by atoms with van der Waals surface area (Å²) in [4.78, 5) is 28.9. The van der Waals surface area contributed by atoms with Gasteiger partial charge < -0.3 is 19.5 Å². The number of fused-ring (bicyclic) bond motifs is 3. The van der Waals surface area contributed by atoms with Crippen LogP contribution in [-0.2, 0) is 17.3 Å². The highest BCUT2D eigenvalue weighted by Crippen LogP contribution is 2.38. The second-order valence-corrected chi connectivity index (χ2v) is 12.5. The smallest absolute Gasteiger partial charge is 0.434 e. The molecule has 1 fully saturated rings. The Morgan fingerprint density at radius 2 is 1.95 bits per heavy atom. The van der Waals surface area contributed by atoms with E-state index in [2.05, 4.69) is 24.9 Å². The minimum atomic E-state index is -4.73. The third-order valence-electron chi connectivity index (χ3n) is 7.62. The molecule has 15 heteroatoms. The van der Waals surface area contributed by atoms with Crippen molar-refractivity contribution in [2.75, 3.05) is 44.2 Å². The summed E-state index contributed by atoms with van der Waals surface area (Å²) < 4.78 is 46.8. The van der Waals surface area contributed by atoms with Crippen LogP contribution in [0.1, 0.15) is 43.8 Å². The van der Waals surface area contributed by atoms with Crippen LogP contribution in [0.5, 0.6) is 0 Å². The molecule has 3 aromatic rings. The lowest BCUT2D eigenvalue weighted by Crippen LogP contribution is -2.60. The highest BCUT2D eigenvalue weighted by atomic mass is 35.5. The Bertz CT molecular complexity index is 1570. The number of aromatic nitrogens is 2. The number of pyridine rings is 1. The van der Waals surface area contributed by atoms with Crippen LogP contribution in [-0.4, -0.2) is 76.8 Å². The Balaban J connectivity index is 1.50. The number of H-pyrrole nitrogens is 1. The molecule has 0 radical (unpaired) electrons. The van der Waals surface area contributed by atoms with E-state index in [1.807, 2.05) is 12.1 Å². The van der Waals surface area contributed by atoms with E-state index in [1.165, 1.54) is 12.1 Å². The highest BCUT2D eigenvalue weighted by molar-refractivity contribution is 6.31. The highest BCUT2D eigenvalue weighted by Gasteiger charge is 2.40. The van der Waals surface area contributed by atoms with Crippen molar-refractivity contribution < 1.29 is 22.7 Å². The molecule has 2 aromatic heterocycles. The van der Waals surface area contributed by atoms with Crippen molar-refractivity contribution in [3.8, 4) is 0 Å². The summed E-state index contributed by atoms with van der Waals surface area (Å²) in [7, 11) is 0. The minimum Gasteiger partial charge on any atom is -0.444 e. The largest absolute Gasteiger partial charge is 0.444 e. The molecule has 2 unspecified atom stereocenters. The summed E-state index contributed by atoms with van der Waals surface area (Å²) in [6.45, 7) is 7.00. The fourth-order valence-electron chi connectivity index (χ4n) is 5.79. The lowest BCUT2D eigenvalue weighted by Gasteiger charge is -2.46. The van der Waals surface area contributed by atoms with Crippen molar-refractivity contribution in [2.45, 2.75) is 51.1 Å². The molecule has 1 saturated heterocycles. The van der Waals surface area contributed by atoms with Crippen molar-refractivity contribution in [3.63, 3.8) is 0 Å². The number of hydrogen-bond acceptors (Lipinski definition) is 6. The number of azide groups is 1. The fraction of sp³-hybridized carbons (Fsp3) is 0.500. The maximum Gasteiger partial charge on any atom is 0.434 e. The van der Waals surface area contributed by atoms with Crippen LogP contribution < -0.4 is 4.90 Å². The first-order chi connectivity index (χ1) is 20.2. The predicted octanol–water partition coefficient (Wildman–Crippen LogP) is 7.22. The Hall–Kier alpha value is -3.38. The average molecular weight is 640 g/mol. The molecule has 0 bridgehead atoms. The summed E-state index contributed by atoms with van der Waals surface area (Å²) in [5.41, 5.74) is 10.2. The van der Waals surface area contributed by atoms with Gasteiger partial charge in [0.15, 0.2) is 5.69 Å². The molecule has 1 aromatic carbocycles. The lowest BCUT2D eigenvalue weighted by molar-refractivity contribution is -0.141. The fourth-order valence-corrected chi connectivity index (χ4v) is 6.18. The van der Waals surface area contributed by atoms with Gasteiger partial charge in [0.25, 0.3) is 0 Å². The number of carbonyl (C=O) groups is 1. The minimum absolute atomic E-state index is 0.107. The topological polar surface area (TPSA) is 113 Å². The van der Waals surface area contributed by atoms with Crippen molar-refractivity contribution in [1.82, 2.24) is 19.8 Å². The molecular weight excluding hydrogens is 608 g/mol. The van der Waals surface area contributed by atoms with Crippen molar-refractivity contribution in [2.24, 2.45) is 5.11 Å². The zero-order chi connectivity index (χ0) is 31.1. The SMILES string of the molecule is CC(C)(C)OC(=O)N1CCN(c2ccc(Cl)c(C(F)(F)F)n2)C(CN2CCc3c([nH]c4ccc(Cl)cc34)C2CN=[N+]=[N-])C1. The van der Waals surface area contributed by atoms with Crippen LogP contribution in [0.2, 0.25) is 10.0 Å². The Morgan fingerprint density at radius 3 is 2.65 bits per heavy atom. The molecule has 2 atom stereocenters. The molecule has 43 heavy (non-hydrogen) atoms. The Labute approximate surface area is 256 Å². The van der Waals surface area contributed by atoms with E-state index in [1.54, 1.807) is 36.6 Å². The van der Waals surface area contributed by atoms with Gasteiger partial charge in [-0.15, -0.1) is 0 Å². The molecule has 0 aliphatic carbocycles. The Morgan fingerprint density at radius 1 is 1.19 bits per heavy atom. The first-order valence-electron chi connectivity index (χ1n) is 13.8. The number of alkyl halides is 3. The van der Waals surface area contributed by atoms with Crippen LogP contribution >= 0.6 is 23.2 Å². The van der Waals surface area contributed by atoms with Crippen LogP contribution in [0.4, 0.5) is 23.8 Å². The molecular formula is C28H31Cl2F3N8O2. The molecule has 2 aliphatic heterocycles. The standard InChI is InChI=1S/C28H31Cl2F3N8O2/c1-27(2,3)43-26(42)40-10-11-41(23-7-5-20(30)25(37-23)28(31,32)33)17(15-40)14-39-9-8-18-19-12-16(29)4-6-21(19)36-24(18)22(39)13-35-38-34/h4-7,12,17,22,36H,8-11,13-15H2,1-3H3. The molecule has 4 heterocycles. The third kappa shape index (κ3) is 6.75. The number of anilines is 1. The maximum absolute atomic E-state index is 13.7. The zero-order valence-corrected chi connectivity index (χ0v) is 25.3. The van der Waals surface area contributed by atoms with Gasteiger partial charge in [-0.2, -0.15) is 13.2 Å². The third-order valence-corrected chi connectivity index (χ3v) is 8.16. The van der Waals surface area contributed by atoms with Gasteiger partial charge in [0.2, 0.25) is 0 Å².